The third-order valence-electron chi connectivity index (χ3n) is 5.96. The average Bonchev–Trinajstić information content (AvgIpc) is 3.34. The Balaban J connectivity index is 1.26. The van der Waals surface area contributed by atoms with E-state index >= 15 is 0 Å². The van der Waals surface area contributed by atoms with Gasteiger partial charge < -0.3 is 5.32 Å². The van der Waals surface area contributed by atoms with Gasteiger partial charge in [-0.1, -0.05) is 36.8 Å². The number of carbonyl (C=O) groups is 3. The van der Waals surface area contributed by atoms with Crippen molar-refractivity contribution < 1.29 is 14.4 Å². The molecule has 1 aromatic rings. The minimum atomic E-state index is -0.281. The molecule has 2 bridgehead atoms. The van der Waals surface area contributed by atoms with Crippen LogP contribution in [-0.4, -0.2) is 35.0 Å². The number of thioether (sulfide) groups is 1. The number of imide groups is 1. The molecule has 3 fully saturated rings. The monoisotopic (exact) mass is 384 g/mol. The van der Waals surface area contributed by atoms with Crippen LogP contribution < -0.4 is 5.32 Å². The highest BCUT2D eigenvalue weighted by Crippen LogP contribution is 2.49. The molecular formula is C21H24N2O3S. The van der Waals surface area contributed by atoms with E-state index in [1.165, 1.54) is 30.6 Å². The number of amides is 3. The first-order chi connectivity index (χ1) is 13.1. The molecule has 142 valence electrons. The van der Waals surface area contributed by atoms with Crippen molar-refractivity contribution in [3.05, 3.63) is 40.8 Å². The summed E-state index contributed by atoms with van der Waals surface area (Å²) < 4.78 is 0. The van der Waals surface area contributed by atoms with Crippen LogP contribution in [0.4, 0.5) is 4.79 Å². The zero-order valence-corrected chi connectivity index (χ0v) is 16.0. The minimum Gasteiger partial charge on any atom is -0.354 e. The maximum atomic E-state index is 12.5. The number of hydrogen-bond donors (Lipinski definition) is 1. The summed E-state index contributed by atoms with van der Waals surface area (Å²) in [5, 5.41) is 2.61. The van der Waals surface area contributed by atoms with Crippen LogP contribution in [0, 0.1) is 17.8 Å². The molecule has 1 saturated heterocycles. The lowest BCUT2D eigenvalue weighted by Crippen LogP contribution is -2.38. The number of carbonyl (C=O) groups excluding carboxylic acids is 3. The molecular weight excluding hydrogens is 360 g/mol. The maximum Gasteiger partial charge on any atom is 0.293 e. The summed E-state index contributed by atoms with van der Waals surface area (Å²) in [5.41, 5.74) is 0.891. The number of hydrogen-bond acceptors (Lipinski definition) is 4. The Labute approximate surface area is 163 Å². The topological polar surface area (TPSA) is 66.5 Å². The van der Waals surface area contributed by atoms with Crippen molar-refractivity contribution in [1.82, 2.24) is 10.2 Å². The van der Waals surface area contributed by atoms with Crippen molar-refractivity contribution in [3.8, 4) is 0 Å². The molecule has 27 heavy (non-hydrogen) atoms. The molecule has 3 amide bonds. The molecule has 3 aliphatic rings. The minimum absolute atomic E-state index is 0.0411. The number of rotatable bonds is 6. The van der Waals surface area contributed by atoms with Crippen LogP contribution in [-0.2, 0) is 9.59 Å². The van der Waals surface area contributed by atoms with Crippen molar-refractivity contribution >= 4 is 34.9 Å². The van der Waals surface area contributed by atoms with Gasteiger partial charge in [-0.05, 0) is 60.4 Å². The van der Waals surface area contributed by atoms with Gasteiger partial charge >= 0.3 is 0 Å². The lowest BCUT2D eigenvalue weighted by Gasteiger charge is -2.21. The van der Waals surface area contributed by atoms with Gasteiger partial charge in [0.25, 0.3) is 11.1 Å². The summed E-state index contributed by atoms with van der Waals surface area (Å²) in [5.74, 6) is 1.84. The van der Waals surface area contributed by atoms with E-state index < -0.39 is 0 Å². The first kappa shape index (κ1) is 18.3. The summed E-state index contributed by atoms with van der Waals surface area (Å²) in [6.45, 7) is 0.537. The second-order valence-corrected chi connectivity index (χ2v) is 8.73. The smallest absolute Gasteiger partial charge is 0.293 e. The average molecular weight is 385 g/mol. The van der Waals surface area contributed by atoms with E-state index in [9.17, 15) is 14.4 Å². The highest BCUT2D eigenvalue weighted by molar-refractivity contribution is 8.18. The van der Waals surface area contributed by atoms with Crippen LogP contribution in [0.1, 0.15) is 37.7 Å². The third kappa shape index (κ3) is 4.10. The number of nitrogens with one attached hydrogen (secondary N) is 1. The van der Waals surface area contributed by atoms with E-state index in [1.54, 1.807) is 6.08 Å². The maximum absolute atomic E-state index is 12.5. The highest BCUT2D eigenvalue weighted by atomic mass is 32.2. The second-order valence-electron chi connectivity index (χ2n) is 7.73. The molecule has 2 saturated carbocycles. The Morgan fingerprint density at radius 2 is 2.00 bits per heavy atom. The Bertz CT molecular complexity index is 777. The van der Waals surface area contributed by atoms with E-state index in [-0.39, 0.29) is 23.6 Å². The SMILES string of the molecule is O=C(C[C@H]1C[C@H]2CC[C@H]1C2)NCCN1C(=O)S/C(=C\c2ccccc2)C1=O. The molecule has 5 nitrogen and oxygen atoms in total. The summed E-state index contributed by atoms with van der Waals surface area (Å²) >= 11 is 0.956. The molecule has 0 spiro atoms. The van der Waals surface area contributed by atoms with Crippen LogP contribution in [0.3, 0.4) is 0 Å². The summed E-state index contributed by atoms with van der Waals surface area (Å²) in [6, 6.07) is 9.47. The normalized spacial score (nSPS) is 28.4. The summed E-state index contributed by atoms with van der Waals surface area (Å²) in [4.78, 5) is 38.5. The van der Waals surface area contributed by atoms with Crippen LogP contribution in [0.2, 0.25) is 0 Å². The molecule has 0 radical (unpaired) electrons. The van der Waals surface area contributed by atoms with Crippen LogP contribution >= 0.6 is 11.8 Å². The van der Waals surface area contributed by atoms with Gasteiger partial charge in [0.1, 0.15) is 0 Å². The number of benzene rings is 1. The van der Waals surface area contributed by atoms with Gasteiger partial charge in [-0.3, -0.25) is 19.3 Å². The quantitative estimate of drug-likeness (QED) is 0.760. The molecule has 4 rings (SSSR count). The molecule has 0 unspecified atom stereocenters. The fraction of sp³-hybridized carbons (Fsp3) is 0.476. The van der Waals surface area contributed by atoms with Gasteiger partial charge in [0.05, 0.1) is 4.91 Å². The number of nitrogens with zero attached hydrogens (tertiary/aromatic N) is 1. The van der Waals surface area contributed by atoms with Gasteiger partial charge in [0, 0.05) is 19.5 Å². The molecule has 3 atom stereocenters. The van der Waals surface area contributed by atoms with Gasteiger partial charge in [0.15, 0.2) is 0 Å². The van der Waals surface area contributed by atoms with Gasteiger partial charge in [-0.25, -0.2) is 0 Å². The Morgan fingerprint density at radius 1 is 1.19 bits per heavy atom. The molecule has 1 N–H and O–H groups in total. The highest BCUT2D eigenvalue weighted by Gasteiger charge is 2.40. The molecule has 0 aromatic heterocycles. The van der Waals surface area contributed by atoms with E-state index in [0.717, 1.165) is 29.2 Å². The largest absolute Gasteiger partial charge is 0.354 e. The molecule has 1 aliphatic heterocycles. The van der Waals surface area contributed by atoms with Crippen molar-refractivity contribution in [2.24, 2.45) is 17.8 Å². The predicted octanol–water partition coefficient (Wildman–Crippen LogP) is 3.67. The van der Waals surface area contributed by atoms with Crippen molar-refractivity contribution in [1.29, 1.82) is 0 Å². The fourth-order valence-electron chi connectivity index (χ4n) is 4.64. The van der Waals surface area contributed by atoms with Gasteiger partial charge in [-0.15, -0.1) is 0 Å². The lowest BCUT2D eigenvalue weighted by molar-refractivity contribution is -0.124. The number of fused-ring (bicyclic) bond motifs is 2. The van der Waals surface area contributed by atoms with Crippen LogP contribution in [0.5, 0.6) is 0 Å². The second kappa shape index (κ2) is 7.89. The zero-order valence-electron chi connectivity index (χ0n) is 15.2. The summed E-state index contributed by atoms with van der Waals surface area (Å²) in [7, 11) is 0. The fourth-order valence-corrected chi connectivity index (χ4v) is 5.50. The van der Waals surface area contributed by atoms with Crippen molar-refractivity contribution in [2.45, 2.75) is 32.1 Å². The standard InChI is InChI=1S/C21H24N2O3S/c24-19(13-17-11-15-6-7-16(17)10-15)22-8-9-23-20(25)18(27-21(23)26)12-14-4-2-1-3-5-14/h1-5,12,15-17H,6-11,13H2,(H,22,24)/b18-12-/t15-,16-,17+/m0/s1. The van der Waals surface area contributed by atoms with E-state index in [1.807, 2.05) is 30.3 Å². The van der Waals surface area contributed by atoms with E-state index in [0.29, 0.717) is 23.8 Å². The van der Waals surface area contributed by atoms with Crippen molar-refractivity contribution in [3.63, 3.8) is 0 Å². The van der Waals surface area contributed by atoms with Crippen LogP contribution in [0.15, 0.2) is 35.2 Å². The first-order valence-corrected chi connectivity index (χ1v) is 10.5. The summed E-state index contributed by atoms with van der Waals surface area (Å²) in [6.07, 6.45) is 7.40. The lowest BCUT2D eigenvalue weighted by atomic mass is 9.86. The molecule has 6 heteroatoms. The zero-order chi connectivity index (χ0) is 18.8. The Morgan fingerprint density at radius 3 is 2.70 bits per heavy atom. The van der Waals surface area contributed by atoms with E-state index in [4.69, 9.17) is 0 Å². The van der Waals surface area contributed by atoms with E-state index in [2.05, 4.69) is 5.32 Å². The molecule has 2 aliphatic carbocycles. The first-order valence-electron chi connectivity index (χ1n) is 9.67. The predicted molar refractivity (Wildman–Crippen MR) is 106 cm³/mol. The third-order valence-corrected chi connectivity index (χ3v) is 6.87. The van der Waals surface area contributed by atoms with Gasteiger partial charge in [0.2, 0.25) is 5.91 Å². The Kier molecular flexibility index (Phi) is 5.34. The molecule has 1 heterocycles. The van der Waals surface area contributed by atoms with Crippen LogP contribution in [0.25, 0.3) is 6.08 Å². The van der Waals surface area contributed by atoms with Gasteiger partial charge in [-0.2, -0.15) is 0 Å². The molecule has 1 aromatic carbocycles. The Hall–Kier alpha value is -2.08. The van der Waals surface area contributed by atoms with Crippen molar-refractivity contribution in [2.75, 3.05) is 13.1 Å².